The monoisotopic (exact) mass is 388 g/mol. The molecule has 7 heteroatoms. The molecule has 5 nitrogen and oxygen atoms in total. The van der Waals surface area contributed by atoms with Gasteiger partial charge >= 0.3 is 24.8 Å². The van der Waals surface area contributed by atoms with Gasteiger partial charge in [0.25, 0.3) is 0 Å². The largest absolute Gasteiger partial charge is 1.00 e. The molecule has 1 aliphatic heterocycles. The van der Waals surface area contributed by atoms with Gasteiger partial charge in [0.15, 0.2) is 0 Å². The number of aliphatic carboxylic acids is 1. The van der Waals surface area contributed by atoms with Gasteiger partial charge in [-0.05, 0) is 37.1 Å². The molecule has 0 spiro atoms. The number of alkyl halides is 1. The third-order valence-corrected chi connectivity index (χ3v) is 3.84. The number of hydrogen-bond donors (Lipinski definition) is 2. The van der Waals surface area contributed by atoms with E-state index in [0.29, 0.717) is 6.42 Å². The molecule has 2 rings (SSSR count). The minimum atomic E-state index is -1.07. The Kier molecular flexibility index (Phi) is 18.7. The number of halogens is 1. The summed E-state index contributed by atoms with van der Waals surface area (Å²) >= 11 is 0. The van der Waals surface area contributed by atoms with Crippen LogP contribution >= 0.6 is 0 Å². The summed E-state index contributed by atoms with van der Waals surface area (Å²) in [5.74, 6) is 0.0489. The Morgan fingerprint density at radius 1 is 1.43 bits per heavy atom. The molecule has 2 atom stereocenters. The quantitative estimate of drug-likeness (QED) is 0.545. The van der Waals surface area contributed by atoms with E-state index in [4.69, 9.17) is 5.11 Å². The summed E-state index contributed by atoms with van der Waals surface area (Å²) in [6.45, 7) is 13.1. The van der Waals surface area contributed by atoms with E-state index in [2.05, 4.69) is 47.9 Å². The summed E-state index contributed by atoms with van der Waals surface area (Å²) in [5, 5.41) is 11.5. The summed E-state index contributed by atoms with van der Waals surface area (Å²) in [5.41, 5.74) is 2.57. The topological polar surface area (TPSA) is 71.5 Å². The first-order valence-electron chi connectivity index (χ1n) is 9.35. The molecular formula is C21H34FLiN2O3-2. The minimum absolute atomic E-state index is 0. The van der Waals surface area contributed by atoms with Crippen LogP contribution in [0.3, 0.4) is 0 Å². The predicted octanol–water partition coefficient (Wildman–Crippen LogP) is 1.34. The molecule has 28 heavy (non-hydrogen) atoms. The second-order valence-electron chi connectivity index (χ2n) is 6.38. The maximum Gasteiger partial charge on any atom is 1.00 e. The van der Waals surface area contributed by atoms with Gasteiger partial charge in [0.05, 0.1) is 0 Å². The summed E-state index contributed by atoms with van der Waals surface area (Å²) < 4.78 is 15.8. The van der Waals surface area contributed by atoms with Crippen LogP contribution in [0.4, 0.5) is 10.2 Å². The average Bonchev–Trinajstić information content (AvgIpc) is 2.66. The first-order chi connectivity index (χ1) is 12.8. The molecular weight excluding hydrogens is 354 g/mol. The standard InChI is InChI=1S/C12H17N2.C5H9O2.C4H8FO.Li/c1-2-3-6-11-8-7-10-5-4-9-13-12(10)14-11;1-3-4(2)5(6)7;1-4(5)3-6-2;/h7-8H,1-6,9H2,(H,13,14);4H,1,3H2,2H3,(H,6,7);4H,1,3H2,2H3;/q3*-1;+1/t;2*4-;/m.01./s1. The van der Waals surface area contributed by atoms with Crippen LogP contribution in [0.5, 0.6) is 0 Å². The van der Waals surface area contributed by atoms with E-state index in [1.165, 1.54) is 31.2 Å². The maximum atomic E-state index is 11.5. The van der Waals surface area contributed by atoms with Crippen LogP contribution in [-0.4, -0.2) is 42.5 Å². The van der Waals surface area contributed by atoms with Crippen LogP contribution in [0.15, 0.2) is 12.1 Å². The van der Waals surface area contributed by atoms with Crippen molar-refractivity contribution in [1.29, 1.82) is 0 Å². The summed E-state index contributed by atoms with van der Waals surface area (Å²) in [6.07, 6.45) is 4.97. The third-order valence-electron chi connectivity index (χ3n) is 3.84. The van der Waals surface area contributed by atoms with E-state index in [9.17, 15) is 9.18 Å². The molecule has 2 heterocycles. The van der Waals surface area contributed by atoms with Crippen molar-refractivity contribution in [1.82, 2.24) is 4.98 Å². The third kappa shape index (κ3) is 14.0. The fourth-order valence-electron chi connectivity index (χ4n) is 2.12. The number of carboxylic acid groups (broad SMARTS) is 1. The van der Waals surface area contributed by atoms with E-state index < -0.39 is 12.1 Å². The molecule has 0 saturated carbocycles. The molecule has 156 valence electrons. The maximum absolute atomic E-state index is 11.5. The molecule has 0 unspecified atom stereocenters. The number of ether oxygens (including phenoxy) is 1. The van der Waals surface area contributed by atoms with Crippen molar-refractivity contribution in [3.05, 3.63) is 44.2 Å². The van der Waals surface area contributed by atoms with Crippen LogP contribution in [0.25, 0.3) is 0 Å². The van der Waals surface area contributed by atoms with Gasteiger partial charge in [-0.2, -0.15) is 12.8 Å². The number of hydrogen-bond acceptors (Lipinski definition) is 4. The number of methoxy groups -OCH3 is 1. The van der Waals surface area contributed by atoms with Crippen LogP contribution in [0, 0.1) is 26.7 Å². The van der Waals surface area contributed by atoms with Gasteiger partial charge in [0, 0.05) is 31.9 Å². The zero-order chi connectivity index (χ0) is 20.7. The molecule has 0 radical (unpaired) electrons. The number of rotatable bonds is 7. The Morgan fingerprint density at radius 2 is 2.11 bits per heavy atom. The molecule has 1 aromatic heterocycles. The average molecular weight is 388 g/mol. The van der Waals surface area contributed by atoms with Gasteiger partial charge in [-0.3, -0.25) is 9.18 Å². The van der Waals surface area contributed by atoms with Gasteiger partial charge in [0.1, 0.15) is 5.82 Å². The van der Waals surface area contributed by atoms with Crippen molar-refractivity contribution < 1.29 is 37.9 Å². The first-order valence-corrected chi connectivity index (χ1v) is 9.35. The number of aromatic nitrogens is 1. The predicted molar refractivity (Wildman–Crippen MR) is 108 cm³/mol. The molecule has 0 aliphatic carbocycles. The normalized spacial score (nSPS) is 13.8. The number of aryl methyl sites for hydroxylation is 2. The Morgan fingerprint density at radius 3 is 2.54 bits per heavy atom. The van der Waals surface area contributed by atoms with E-state index in [1.54, 1.807) is 6.92 Å². The minimum Gasteiger partial charge on any atom is -0.481 e. The number of anilines is 1. The SMILES string of the molecule is [CH2-]CCCc1ccc2c(n1)NCCC2.[CH2-]C[C@H](C)C(=O)O.[CH2-][C@@H](F)COC.[Li+]. The molecule has 2 N–H and O–H groups in total. The second-order valence-corrected chi connectivity index (χ2v) is 6.38. The molecule has 0 fully saturated rings. The number of carbonyl (C=O) groups is 1. The molecule has 0 saturated heterocycles. The molecule has 1 aromatic rings. The van der Waals surface area contributed by atoms with Crippen molar-refractivity contribution >= 4 is 11.8 Å². The van der Waals surface area contributed by atoms with E-state index in [-0.39, 0.29) is 31.4 Å². The zero-order valence-corrected chi connectivity index (χ0v) is 17.7. The van der Waals surface area contributed by atoms with Crippen LogP contribution in [0.1, 0.15) is 43.9 Å². The van der Waals surface area contributed by atoms with Crippen molar-refractivity contribution in [3.63, 3.8) is 0 Å². The first kappa shape index (κ1) is 29.1. The summed E-state index contributed by atoms with van der Waals surface area (Å²) in [7, 11) is 1.44. The smallest absolute Gasteiger partial charge is 0.481 e. The Labute approximate surface area is 182 Å². The Balaban J connectivity index is 0. The van der Waals surface area contributed by atoms with Crippen molar-refractivity contribution in [2.24, 2.45) is 5.92 Å². The van der Waals surface area contributed by atoms with Crippen LogP contribution in [-0.2, 0) is 22.4 Å². The van der Waals surface area contributed by atoms with Gasteiger partial charge in [-0.15, -0.1) is 0 Å². The fraction of sp³-hybridized carbons (Fsp3) is 0.571. The van der Waals surface area contributed by atoms with Gasteiger partial charge in [-0.1, -0.05) is 19.4 Å². The molecule has 1 aliphatic rings. The number of fused-ring (bicyclic) bond motifs is 1. The van der Waals surface area contributed by atoms with Crippen molar-refractivity contribution in [2.75, 3.05) is 25.6 Å². The van der Waals surface area contributed by atoms with E-state index in [0.717, 1.165) is 31.6 Å². The van der Waals surface area contributed by atoms with Crippen LogP contribution in [0.2, 0.25) is 0 Å². The number of pyridine rings is 1. The number of nitrogens with one attached hydrogen (secondary N) is 1. The van der Waals surface area contributed by atoms with Crippen LogP contribution < -0.4 is 24.2 Å². The number of nitrogens with zero attached hydrogens (tertiary/aromatic N) is 1. The van der Waals surface area contributed by atoms with Gasteiger partial charge in [0.2, 0.25) is 0 Å². The van der Waals surface area contributed by atoms with Crippen molar-refractivity contribution in [3.8, 4) is 0 Å². The van der Waals surface area contributed by atoms with Gasteiger partial charge in [-0.25, -0.2) is 4.98 Å². The van der Waals surface area contributed by atoms with E-state index in [1.807, 2.05) is 0 Å². The number of unbranched alkanes of at least 4 members (excludes halogenated alkanes) is 1. The molecule has 0 aromatic carbocycles. The van der Waals surface area contributed by atoms with E-state index >= 15 is 0 Å². The van der Waals surface area contributed by atoms with Crippen molar-refractivity contribution in [2.45, 2.75) is 51.6 Å². The zero-order valence-electron chi connectivity index (χ0n) is 17.7. The number of carboxylic acids is 1. The Bertz CT molecular complexity index is 530. The van der Waals surface area contributed by atoms with Gasteiger partial charge < -0.3 is 35.9 Å². The molecule has 0 bridgehead atoms. The Hall–Kier alpha value is -1.09. The molecule has 0 amide bonds. The summed E-state index contributed by atoms with van der Waals surface area (Å²) in [4.78, 5) is 14.5. The fourth-order valence-corrected chi connectivity index (χ4v) is 2.12. The summed E-state index contributed by atoms with van der Waals surface area (Å²) in [6, 6.07) is 4.37. The second kappa shape index (κ2) is 18.0.